The third kappa shape index (κ3) is 3.05. The molecule has 0 spiro atoms. The molecule has 3 aromatic rings. The number of hydrogen-bond donors (Lipinski definition) is 1. The van der Waals surface area contributed by atoms with Crippen LogP contribution in [-0.2, 0) is 6.42 Å². The SMILES string of the molecule is NCCCc1c(-c2ccc(Br)cc2)nc2ccc(Br)cn12. The van der Waals surface area contributed by atoms with E-state index < -0.39 is 0 Å². The van der Waals surface area contributed by atoms with Crippen molar-refractivity contribution in [2.45, 2.75) is 12.8 Å². The van der Waals surface area contributed by atoms with Crippen molar-refractivity contribution in [3.63, 3.8) is 0 Å². The van der Waals surface area contributed by atoms with Crippen molar-refractivity contribution in [3.8, 4) is 11.3 Å². The van der Waals surface area contributed by atoms with Gasteiger partial charge in [0.15, 0.2) is 0 Å². The quantitative estimate of drug-likeness (QED) is 0.694. The fourth-order valence-electron chi connectivity index (χ4n) is 2.41. The largest absolute Gasteiger partial charge is 0.330 e. The summed E-state index contributed by atoms with van der Waals surface area (Å²) in [7, 11) is 0. The summed E-state index contributed by atoms with van der Waals surface area (Å²) >= 11 is 7.00. The van der Waals surface area contributed by atoms with Crippen molar-refractivity contribution in [3.05, 3.63) is 57.2 Å². The Hall–Kier alpha value is -1.17. The number of fused-ring (bicyclic) bond motifs is 1. The second kappa shape index (κ2) is 6.30. The van der Waals surface area contributed by atoms with Crippen molar-refractivity contribution in [2.75, 3.05) is 6.54 Å². The van der Waals surface area contributed by atoms with Gasteiger partial charge in [-0.3, -0.25) is 0 Å². The summed E-state index contributed by atoms with van der Waals surface area (Å²) in [4.78, 5) is 4.79. The molecule has 1 aromatic carbocycles. The molecule has 5 heteroatoms. The van der Waals surface area contributed by atoms with E-state index in [1.807, 2.05) is 24.3 Å². The highest BCUT2D eigenvalue weighted by molar-refractivity contribution is 9.10. The van der Waals surface area contributed by atoms with E-state index in [4.69, 9.17) is 10.7 Å². The second-order valence-corrected chi connectivity index (χ2v) is 6.71. The van der Waals surface area contributed by atoms with Gasteiger partial charge in [0.1, 0.15) is 5.65 Å². The third-order valence-electron chi connectivity index (χ3n) is 3.42. The first-order valence-corrected chi connectivity index (χ1v) is 8.40. The number of nitrogens with two attached hydrogens (primary N) is 1. The van der Waals surface area contributed by atoms with Crippen LogP contribution in [-0.4, -0.2) is 15.9 Å². The van der Waals surface area contributed by atoms with Gasteiger partial charge in [0.05, 0.1) is 11.4 Å². The molecule has 0 unspecified atom stereocenters. The number of nitrogens with zero attached hydrogens (tertiary/aromatic N) is 2. The number of imidazole rings is 1. The van der Waals surface area contributed by atoms with Gasteiger partial charge in [0, 0.05) is 20.7 Å². The van der Waals surface area contributed by atoms with E-state index in [1.165, 1.54) is 5.69 Å². The standard InChI is InChI=1S/C16H15Br2N3/c17-12-5-3-11(4-6-12)16-14(2-1-9-19)21-10-13(18)7-8-15(21)20-16/h3-8,10H,1-2,9,19H2. The lowest BCUT2D eigenvalue weighted by Crippen LogP contribution is -2.03. The minimum atomic E-state index is 0.682. The fourth-order valence-corrected chi connectivity index (χ4v) is 3.02. The minimum absolute atomic E-state index is 0.682. The Morgan fingerprint density at radius 2 is 1.71 bits per heavy atom. The maximum absolute atomic E-state index is 5.68. The number of aromatic nitrogens is 2. The summed E-state index contributed by atoms with van der Waals surface area (Å²) in [5.74, 6) is 0. The predicted molar refractivity (Wildman–Crippen MR) is 93.4 cm³/mol. The Balaban J connectivity index is 2.18. The van der Waals surface area contributed by atoms with Crippen LogP contribution in [0.5, 0.6) is 0 Å². The molecule has 0 aliphatic heterocycles. The molecule has 0 aliphatic rings. The maximum atomic E-state index is 5.68. The zero-order valence-electron chi connectivity index (χ0n) is 11.4. The number of halogens is 2. The van der Waals surface area contributed by atoms with Crippen LogP contribution < -0.4 is 5.73 Å². The van der Waals surface area contributed by atoms with Crippen molar-refractivity contribution < 1.29 is 0 Å². The Labute approximate surface area is 140 Å². The lowest BCUT2D eigenvalue weighted by Gasteiger charge is -2.05. The summed E-state index contributed by atoms with van der Waals surface area (Å²) in [6.45, 7) is 0.682. The number of pyridine rings is 1. The van der Waals surface area contributed by atoms with Crippen LogP contribution in [0.25, 0.3) is 16.9 Å². The average Bonchev–Trinajstić information content (AvgIpc) is 2.83. The predicted octanol–water partition coefficient (Wildman–Crippen LogP) is 4.42. The highest BCUT2D eigenvalue weighted by Gasteiger charge is 2.13. The monoisotopic (exact) mass is 407 g/mol. The van der Waals surface area contributed by atoms with Crippen molar-refractivity contribution in [1.29, 1.82) is 0 Å². The molecular weight excluding hydrogens is 394 g/mol. The smallest absolute Gasteiger partial charge is 0.137 e. The second-order valence-electron chi connectivity index (χ2n) is 4.88. The topological polar surface area (TPSA) is 43.3 Å². The van der Waals surface area contributed by atoms with Crippen LogP contribution in [0, 0.1) is 0 Å². The van der Waals surface area contributed by atoms with E-state index >= 15 is 0 Å². The van der Waals surface area contributed by atoms with E-state index in [0.29, 0.717) is 6.54 Å². The normalized spacial score (nSPS) is 11.2. The van der Waals surface area contributed by atoms with Crippen LogP contribution in [0.4, 0.5) is 0 Å². The van der Waals surface area contributed by atoms with Crippen LogP contribution in [0.1, 0.15) is 12.1 Å². The van der Waals surface area contributed by atoms with Gasteiger partial charge in [-0.15, -0.1) is 0 Å². The fraction of sp³-hybridized carbons (Fsp3) is 0.188. The highest BCUT2D eigenvalue weighted by Crippen LogP contribution is 2.27. The number of benzene rings is 1. The zero-order chi connectivity index (χ0) is 14.8. The molecule has 0 aliphatic carbocycles. The van der Waals surface area contributed by atoms with E-state index in [9.17, 15) is 0 Å². The molecule has 0 radical (unpaired) electrons. The van der Waals surface area contributed by atoms with Gasteiger partial charge in [-0.2, -0.15) is 0 Å². The molecule has 2 aromatic heterocycles. The summed E-state index contributed by atoms with van der Waals surface area (Å²) in [5, 5.41) is 0. The molecule has 0 saturated heterocycles. The highest BCUT2D eigenvalue weighted by atomic mass is 79.9. The Kier molecular flexibility index (Phi) is 4.42. The molecule has 0 amide bonds. The summed E-state index contributed by atoms with van der Waals surface area (Å²) in [5.41, 5.74) is 10.0. The molecule has 0 saturated carbocycles. The molecule has 2 N–H and O–H groups in total. The molecule has 21 heavy (non-hydrogen) atoms. The lowest BCUT2D eigenvalue weighted by molar-refractivity contribution is 0.803. The van der Waals surface area contributed by atoms with E-state index in [2.05, 4.69) is 54.6 Å². The zero-order valence-corrected chi connectivity index (χ0v) is 14.6. The van der Waals surface area contributed by atoms with Crippen molar-refractivity contribution in [1.82, 2.24) is 9.38 Å². The first-order valence-electron chi connectivity index (χ1n) is 6.81. The maximum Gasteiger partial charge on any atom is 0.137 e. The van der Waals surface area contributed by atoms with Gasteiger partial charge in [0.25, 0.3) is 0 Å². The number of rotatable bonds is 4. The number of aryl methyl sites for hydroxylation is 1. The summed E-state index contributed by atoms with van der Waals surface area (Å²) < 4.78 is 4.27. The van der Waals surface area contributed by atoms with Gasteiger partial charge in [-0.25, -0.2) is 4.98 Å². The van der Waals surface area contributed by atoms with Crippen molar-refractivity contribution in [2.24, 2.45) is 5.73 Å². The summed E-state index contributed by atoms with van der Waals surface area (Å²) in [6, 6.07) is 12.3. The molecule has 3 nitrogen and oxygen atoms in total. The molecule has 0 fully saturated rings. The van der Waals surface area contributed by atoms with Crippen LogP contribution in [0.15, 0.2) is 51.5 Å². The average molecular weight is 409 g/mol. The molecular formula is C16H15Br2N3. The Morgan fingerprint density at radius 3 is 2.43 bits per heavy atom. The van der Waals surface area contributed by atoms with Gasteiger partial charge >= 0.3 is 0 Å². The van der Waals surface area contributed by atoms with Crippen molar-refractivity contribution >= 4 is 37.5 Å². The van der Waals surface area contributed by atoms with Gasteiger partial charge in [-0.05, 0) is 59.6 Å². The first kappa shape index (κ1) is 14.8. The van der Waals surface area contributed by atoms with E-state index in [0.717, 1.165) is 38.7 Å². The number of hydrogen-bond acceptors (Lipinski definition) is 2. The van der Waals surface area contributed by atoms with Crippen LogP contribution in [0.2, 0.25) is 0 Å². The molecule has 2 heterocycles. The van der Waals surface area contributed by atoms with Gasteiger partial charge < -0.3 is 10.1 Å². The van der Waals surface area contributed by atoms with E-state index in [-0.39, 0.29) is 0 Å². The first-order chi connectivity index (χ1) is 10.2. The van der Waals surface area contributed by atoms with Crippen LogP contribution in [0.3, 0.4) is 0 Å². The van der Waals surface area contributed by atoms with Crippen LogP contribution >= 0.6 is 31.9 Å². The molecule has 3 rings (SSSR count). The molecule has 0 atom stereocenters. The Bertz CT molecular complexity index is 763. The molecule has 108 valence electrons. The lowest BCUT2D eigenvalue weighted by atomic mass is 10.1. The minimum Gasteiger partial charge on any atom is -0.330 e. The summed E-state index contributed by atoms with van der Waals surface area (Å²) in [6.07, 6.45) is 3.93. The van der Waals surface area contributed by atoms with E-state index in [1.54, 1.807) is 0 Å². The van der Waals surface area contributed by atoms with Gasteiger partial charge in [-0.1, -0.05) is 28.1 Å². The van der Waals surface area contributed by atoms with Gasteiger partial charge in [0.2, 0.25) is 0 Å². The Morgan fingerprint density at radius 1 is 1.00 bits per heavy atom. The third-order valence-corrected chi connectivity index (χ3v) is 4.41. The molecule has 0 bridgehead atoms.